The zero-order valence-electron chi connectivity index (χ0n) is 29.5. The van der Waals surface area contributed by atoms with E-state index in [0.717, 1.165) is 44.8 Å². The highest BCUT2D eigenvalue weighted by Crippen LogP contribution is 2.38. The topological polar surface area (TPSA) is 25.8 Å². The second-order valence-electron chi connectivity index (χ2n) is 13.8. The number of fused-ring (bicyclic) bond motifs is 6. The van der Waals surface area contributed by atoms with Crippen molar-refractivity contribution in [2.75, 3.05) is 0 Å². The fraction of sp³-hybridized carbons (Fsp3) is 0. The Bertz CT molecular complexity index is 2950. The number of nitrogens with zero attached hydrogens (tertiary/aromatic N) is 2. The molecule has 1 aromatic heterocycles. The summed E-state index contributed by atoms with van der Waals surface area (Å²) >= 11 is 0. The summed E-state index contributed by atoms with van der Waals surface area (Å²) in [4.78, 5) is 10.3. The van der Waals surface area contributed by atoms with Crippen molar-refractivity contribution in [3.63, 3.8) is 0 Å². The van der Waals surface area contributed by atoms with Crippen molar-refractivity contribution in [3.8, 4) is 67.3 Å². The fourth-order valence-electron chi connectivity index (χ4n) is 7.77. The van der Waals surface area contributed by atoms with Gasteiger partial charge in [-0.1, -0.05) is 176 Å². The Hall–Kier alpha value is -7.16. The predicted octanol–water partition coefficient (Wildman–Crippen LogP) is 13.9. The van der Waals surface area contributed by atoms with E-state index in [9.17, 15) is 0 Å². The van der Waals surface area contributed by atoms with Crippen LogP contribution in [0.15, 0.2) is 206 Å². The molecule has 10 aromatic rings. The lowest BCUT2D eigenvalue weighted by atomic mass is 9.91. The highest BCUT2D eigenvalue weighted by atomic mass is 14.9. The summed E-state index contributed by atoms with van der Waals surface area (Å²) in [7, 11) is 0. The molecule has 0 atom stereocenters. The minimum absolute atomic E-state index is 0.697. The van der Waals surface area contributed by atoms with Crippen molar-refractivity contribution in [3.05, 3.63) is 206 Å². The van der Waals surface area contributed by atoms with Crippen LogP contribution in [0.5, 0.6) is 0 Å². The van der Waals surface area contributed by atoms with Gasteiger partial charge in [-0.3, -0.25) is 0 Å². The lowest BCUT2D eigenvalue weighted by molar-refractivity contribution is 1.18. The second-order valence-corrected chi connectivity index (χ2v) is 13.8. The standard InChI is InChI=1S/C52H34N2/c1-3-14-35(15-4-1)37-18-12-22-42(31-37)51-34-50(36-16-5-2-6-17-36)53-52(54-51)43-23-13-21-40(32-43)38-19-11-20-39(30-38)41-28-29-48-46-26-8-7-24-44(46)45-25-9-10-27-47(45)49(48)33-41/h1-34H. The SMILES string of the molecule is c1ccc(-c2cccc(-c3cc(-c4ccccc4)nc(-c4cccc(-c5cccc(-c6ccc7c8ccccc8c8ccccc8c7c6)c5)c4)n3)c2)cc1. The summed E-state index contributed by atoms with van der Waals surface area (Å²) in [5, 5.41) is 7.69. The molecule has 0 saturated carbocycles. The first-order valence-electron chi connectivity index (χ1n) is 18.4. The third kappa shape index (κ3) is 5.81. The van der Waals surface area contributed by atoms with Crippen LogP contribution in [-0.4, -0.2) is 9.97 Å². The van der Waals surface area contributed by atoms with Crippen LogP contribution in [-0.2, 0) is 0 Å². The minimum atomic E-state index is 0.697. The Labute approximate surface area is 314 Å². The van der Waals surface area contributed by atoms with E-state index < -0.39 is 0 Å². The van der Waals surface area contributed by atoms with Gasteiger partial charge in [-0.25, -0.2) is 9.97 Å². The Morgan fingerprint density at radius 3 is 1.17 bits per heavy atom. The third-order valence-corrected chi connectivity index (χ3v) is 10.5. The van der Waals surface area contributed by atoms with Crippen molar-refractivity contribution in [1.29, 1.82) is 0 Å². The van der Waals surface area contributed by atoms with Crippen LogP contribution in [0.2, 0.25) is 0 Å². The van der Waals surface area contributed by atoms with E-state index in [4.69, 9.17) is 9.97 Å². The molecule has 0 amide bonds. The van der Waals surface area contributed by atoms with Gasteiger partial charge in [-0.15, -0.1) is 0 Å². The molecule has 54 heavy (non-hydrogen) atoms. The van der Waals surface area contributed by atoms with Crippen molar-refractivity contribution in [2.24, 2.45) is 0 Å². The van der Waals surface area contributed by atoms with E-state index >= 15 is 0 Å². The number of rotatable bonds is 6. The van der Waals surface area contributed by atoms with Crippen LogP contribution in [0.1, 0.15) is 0 Å². The molecular formula is C52H34N2. The van der Waals surface area contributed by atoms with Gasteiger partial charge in [0.1, 0.15) is 0 Å². The van der Waals surface area contributed by atoms with E-state index in [2.05, 4.69) is 194 Å². The zero-order valence-corrected chi connectivity index (χ0v) is 29.5. The van der Waals surface area contributed by atoms with Crippen molar-refractivity contribution < 1.29 is 0 Å². The van der Waals surface area contributed by atoms with Crippen molar-refractivity contribution >= 4 is 32.3 Å². The lowest BCUT2D eigenvalue weighted by Crippen LogP contribution is -1.96. The molecule has 0 aliphatic carbocycles. The quantitative estimate of drug-likeness (QED) is 0.163. The maximum absolute atomic E-state index is 5.20. The number of benzene rings is 9. The number of aromatic nitrogens is 2. The Balaban J connectivity index is 1.06. The molecule has 2 heteroatoms. The highest BCUT2D eigenvalue weighted by molar-refractivity contribution is 6.25. The average molecular weight is 687 g/mol. The first kappa shape index (κ1) is 31.6. The normalized spacial score (nSPS) is 11.3. The molecule has 0 N–H and O–H groups in total. The molecule has 0 unspecified atom stereocenters. The minimum Gasteiger partial charge on any atom is -0.228 e. The van der Waals surface area contributed by atoms with E-state index in [1.54, 1.807) is 0 Å². The van der Waals surface area contributed by atoms with Gasteiger partial charge in [0.15, 0.2) is 5.82 Å². The molecule has 0 saturated heterocycles. The smallest absolute Gasteiger partial charge is 0.160 e. The molecule has 9 aromatic carbocycles. The van der Waals surface area contributed by atoms with Crippen LogP contribution < -0.4 is 0 Å². The molecule has 0 fully saturated rings. The molecule has 252 valence electrons. The maximum atomic E-state index is 5.20. The van der Waals surface area contributed by atoms with E-state index in [1.807, 2.05) is 12.1 Å². The summed E-state index contributed by atoms with van der Waals surface area (Å²) in [5.41, 5.74) is 11.8. The van der Waals surface area contributed by atoms with Crippen LogP contribution in [0.25, 0.3) is 99.6 Å². The highest BCUT2D eigenvalue weighted by Gasteiger charge is 2.14. The first-order chi connectivity index (χ1) is 26.7. The van der Waals surface area contributed by atoms with Crippen LogP contribution in [0.3, 0.4) is 0 Å². The van der Waals surface area contributed by atoms with Gasteiger partial charge >= 0.3 is 0 Å². The van der Waals surface area contributed by atoms with Gasteiger partial charge in [-0.2, -0.15) is 0 Å². The molecule has 0 spiro atoms. The fourth-order valence-corrected chi connectivity index (χ4v) is 7.77. The second kappa shape index (κ2) is 13.4. The predicted molar refractivity (Wildman–Crippen MR) is 227 cm³/mol. The molecule has 10 rings (SSSR count). The average Bonchev–Trinajstić information content (AvgIpc) is 3.27. The van der Waals surface area contributed by atoms with E-state index in [-0.39, 0.29) is 0 Å². The Morgan fingerprint density at radius 1 is 0.204 bits per heavy atom. The summed E-state index contributed by atoms with van der Waals surface area (Å²) in [6.45, 7) is 0. The van der Waals surface area contributed by atoms with Gasteiger partial charge in [0.25, 0.3) is 0 Å². The van der Waals surface area contributed by atoms with Gasteiger partial charge in [-0.05, 0) is 96.0 Å². The van der Waals surface area contributed by atoms with Gasteiger partial charge in [0.2, 0.25) is 0 Å². The molecule has 2 nitrogen and oxygen atoms in total. The van der Waals surface area contributed by atoms with Crippen molar-refractivity contribution in [1.82, 2.24) is 9.97 Å². The Kier molecular flexibility index (Phi) is 7.85. The largest absolute Gasteiger partial charge is 0.228 e. The van der Waals surface area contributed by atoms with Crippen molar-refractivity contribution in [2.45, 2.75) is 0 Å². The molecule has 0 bridgehead atoms. The first-order valence-corrected chi connectivity index (χ1v) is 18.4. The molecular weight excluding hydrogens is 653 g/mol. The monoisotopic (exact) mass is 686 g/mol. The zero-order chi connectivity index (χ0) is 35.8. The third-order valence-electron chi connectivity index (χ3n) is 10.5. The summed E-state index contributed by atoms with van der Waals surface area (Å²) in [6.07, 6.45) is 0. The van der Waals surface area contributed by atoms with Gasteiger partial charge < -0.3 is 0 Å². The van der Waals surface area contributed by atoms with Crippen LogP contribution in [0.4, 0.5) is 0 Å². The molecule has 0 aliphatic rings. The number of hydrogen-bond acceptors (Lipinski definition) is 2. The molecule has 0 radical (unpaired) electrons. The van der Waals surface area contributed by atoms with Gasteiger partial charge in [0.05, 0.1) is 11.4 Å². The molecule has 1 heterocycles. The number of hydrogen-bond donors (Lipinski definition) is 0. The Morgan fingerprint density at radius 2 is 0.574 bits per heavy atom. The van der Waals surface area contributed by atoms with E-state index in [1.165, 1.54) is 49.0 Å². The van der Waals surface area contributed by atoms with Crippen LogP contribution >= 0.6 is 0 Å². The summed E-state index contributed by atoms with van der Waals surface area (Å²) in [6, 6.07) is 73.4. The summed E-state index contributed by atoms with van der Waals surface area (Å²) in [5.74, 6) is 0.697. The summed E-state index contributed by atoms with van der Waals surface area (Å²) < 4.78 is 0. The molecule has 0 aliphatic heterocycles. The maximum Gasteiger partial charge on any atom is 0.160 e. The van der Waals surface area contributed by atoms with E-state index in [0.29, 0.717) is 5.82 Å². The van der Waals surface area contributed by atoms with Crippen LogP contribution in [0, 0.1) is 0 Å². The van der Waals surface area contributed by atoms with Gasteiger partial charge in [0, 0.05) is 16.7 Å². The lowest BCUT2D eigenvalue weighted by Gasteiger charge is -2.13.